The van der Waals surface area contributed by atoms with Gasteiger partial charge in [0.05, 0.1) is 6.10 Å². The molecule has 17 heavy (non-hydrogen) atoms. The molecule has 0 bridgehead atoms. The number of rotatable bonds is 5. The number of aliphatic hydroxyl groups is 1. The smallest absolute Gasteiger partial charge is 0.0793 e. The number of benzene rings is 1. The van der Waals surface area contributed by atoms with Crippen molar-refractivity contribution in [3.8, 4) is 0 Å². The molecule has 0 amide bonds. The van der Waals surface area contributed by atoms with Crippen molar-refractivity contribution in [3.05, 3.63) is 33.8 Å². The van der Waals surface area contributed by atoms with E-state index >= 15 is 0 Å². The van der Waals surface area contributed by atoms with Gasteiger partial charge in [-0.05, 0) is 54.9 Å². The van der Waals surface area contributed by atoms with E-state index in [0.29, 0.717) is 11.8 Å². The topological polar surface area (TPSA) is 20.2 Å². The van der Waals surface area contributed by atoms with Crippen LogP contribution in [0, 0.1) is 18.8 Å². The second-order valence-electron chi connectivity index (χ2n) is 5.55. The van der Waals surface area contributed by atoms with Crippen LogP contribution in [-0.2, 0) is 0 Å². The number of aryl methyl sites for hydroxylation is 1. The van der Waals surface area contributed by atoms with Crippen LogP contribution >= 0.6 is 15.9 Å². The molecule has 0 saturated carbocycles. The van der Waals surface area contributed by atoms with E-state index in [9.17, 15) is 5.11 Å². The molecule has 1 N–H and O–H groups in total. The molecule has 96 valence electrons. The maximum atomic E-state index is 10.2. The van der Waals surface area contributed by atoms with Crippen LogP contribution in [0.4, 0.5) is 0 Å². The molecule has 2 atom stereocenters. The number of hydrogen-bond acceptors (Lipinski definition) is 1. The number of hydrogen-bond donors (Lipinski definition) is 1. The van der Waals surface area contributed by atoms with Gasteiger partial charge >= 0.3 is 0 Å². The molecular weight excluding hydrogens is 276 g/mol. The quantitative estimate of drug-likeness (QED) is 0.823. The van der Waals surface area contributed by atoms with Gasteiger partial charge in [0.1, 0.15) is 0 Å². The van der Waals surface area contributed by atoms with Crippen molar-refractivity contribution in [1.82, 2.24) is 0 Å². The summed E-state index contributed by atoms with van der Waals surface area (Å²) in [6.45, 7) is 8.73. The summed E-state index contributed by atoms with van der Waals surface area (Å²) in [7, 11) is 0. The summed E-state index contributed by atoms with van der Waals surface area (Å²) in [5.41, 5.74) is 2.21. The second kappa shape index (κ2) is 6.55. The third-order valence-corrected chi connectivity index (χ3v) is 3.41. The molecule has 0 radical (unpaired) electrons. The first-order valence-electron chi connectivity index (χ1n) is 6.33. The first-order chi connectivity index (χ1) is 7.88. The zero-order valence-electron chi connectivity index (χ0n) is 11.2. The molecule has 1 rings (SSSR count). The first kappa shape index (κ1) is 14.7. The summed E-state index contributed by atoms with van der Waals surface area (Å²) >= 11 is 3.48. The fourth-order valence-corrected chi connectivity index (χ4v) is 3.00. The lowest BCUT2D eigenvalue weighted by molar-refractivity contribution is 0.142. The highest BCUT2D eigenvalue weighted by molar-refractivity contribution is 9.10. The van der Waals surface area contributed by atoms with Crippen molar-refractivity contribution in [2.24, 2.45) is 11.8 Å². The van der Waals surface area contributed by atoms with Crippen LogP contribution in [0.2, 0.25) is 0 Å². The molecule has 2 unspecified atom stereocenters. The maximum Gasteiger partial charge on any atom is 0.0793 e. The van der Waals surface area contributed by atoms with Gasteiger partial charge in [-0.1, -0.05) is 42.8 Å². The van der Waals surface area contributed by atoms with Crippen molar-refractivity contribution in [2.75, 3.05) is 0 Å². The Morgan fingerprint density at radius 2 is 1.76 bits per heavy atom. The third-order valence-electron chi connectivity index (χ3n) is 2.95. The van der Waals surface area contributed by atoms with Gasteiger partial charge in [-0.2, -0.15) is 0 Å². The van der Waals surface area contributed by atoms with Gasteiger partial charge < -0.3 is 5.11 Å². The minimum absolute atomic E-state index is 0.347. The Hall–Kier alpha value is -0.340. The lowest BCUT2D eigenvalue weighted by atomic mass is 9.91. The van der Waals surface area contributed by atoms with E-state index in [2.05, 4.69) is 55.8 Å². The van der Waals surface area contributed by atoms with Crippen LogP contribution < -0.4 is 0 Å². The Kier molecular flexibility index (Phi) is 5.68. The molecule has 0 saturated heterocycles. The maximum absolute atomic E-state index is 10.2. The summed E-state index contributed by atoms with van der Waals surface area (Å²) in [6.07, 6.45) is 1.66. The van der Waals surface area contributed by atoms with Gasteiger partial charge in [-0.3, -0.25) is 0 Å². The van der Waals surface area contributed by atoms with Gasteiger partial charge in [-0.25, -0.2) is 0 Å². The van der Waals surface area contributed by atoms with E-state index in [4.69, 9.17) is 0 Å². The highest BCUT2D eigenvalue weighted by Gasteiger charge is 2.14. The van der Waals surface area contributed by atoms with Crippen LogP contribution in [0.1, 0.15) is 50.8 Å². The predicted octanol–water partition coefficient (Wildman–Crippen LogP) is 4.86. The lowest BCUT2D eigenvalue weighted by Crippen LogP contribution is -2.07. The van der Waals surface area contributed by atoms with Crippen LogP contribution in [0.15, 0.2) is 22.7 Å². The van der Waals surface area contributed by atoms with Gasteiger partial charge in [0, 0.05) is 4.47 Å². The standard InChI is InChI=1S/C15H23BrO/c1-10(2)5-11(3)8-15(17)13-6-12(4)7-14(16)9-13/h6-7,9-11,15,17H,5,8H2,1-4H3. The highest BCUT2D eigenvalue weighted by Crippen LogP contribution is 2.27. The Bertz CT molecular complexity index is 340. The zero-order valence-corrected chi connectivity index (χ0v) is 12.8. The Labute approximate surface area is 113 Å². The Morgan fingerprint density at radius 3 is 2.29 bits per heavy atom. The van der Waals surface area contributed by atoms with Crippen LogP contribution in [-0.4, -0.2) is 5.11 Å². The summed E-state index contributed by atoms with van der Waals surface area (Å²) in [6, 6.07) is 6.14. The van der Waals surface area contributed by atoms with Crippen molar-refractivity contribution < 1.29 is 5.11 Å². The summed E-state index contributed by atoms with van der Waals surface area (Å²) in [5.74, 6) is 1.26. The minimum Gasteiger partial charge on any atom is -0.388 e. The highest BCUT2D eigenvalue weighted by atomic mass is 79.9. The molecule has 0 spiro atoms. The van der Waals surface area contributed by atoms with Gasteiger partial charge in [0.2, 0.25) is 0 Å². The van der Waals surface area contributed by atoms with E-state index in [-0.39, 0.29) is 6.10 Å². The number of halogens is 1. The summed E-state index contributed by atoms with van der Waals surface area (Å²) in [4.78, 5) is 0. The van der Waals surface area contributed by atoms with E-state index in [0.717, 1.165) is 16.5 Å². The van der Waals surface area contributed by atoms with Crippen molar-refractivity contribution in [1.29, 1.82) is 0 Å². The van der Waals surface area contributed by atoms with Crippen molar-refractivity contribution >= 4 is 15.9 Å². The molecule has 1 aromatic carbocycles. The first-order valence-corrected chi connectivity index (χ1v) is 7.13. The SMILES string of the molecule is Cc1cc(Br)cc(C(O)CC(C)CC(C)C)c1. The molecule has 0 aliphatic heterocycles. The molecular formula is C15H23BrO. The van der Waals surface area contributed by atoms with Gasteiger partial charge in [0.15, 0.2) is 0 Å². The summed E-state index contributed by atoms with van der Waals surface area (Å²) < 4.78 is 1.04. The van der Waals surface area contributed by atoms with Crippen LogP contribution in [0.3, 0.4) is 0 Å². The molecule has 0 aliphatic rings. The Balaban J connectivity index is 2.66. The van der Waals surface area contributed by atoms with Gasteiger partial charge in [0.25, 0.3) is 0 Å². The predicted molar refractivity (Wildman–Crippen MR) is 77.1 cm³/mol. The zero-order chi connectivity index (χ0) is 13.0. The third kappa shape index (κ3) is 5.22. The minimum atomic E-state index is -0.347. The van der Waals surface area contributed by atoms with E-state index in [1.807, 2.05) is 6.07 Å². The fraction of sp³-hybridized carbons (Fsp3) is 0.600. The average Bonchev–Trinajstić information content (AvgIpc) is 2.14. The average molecular weight is 299 g/mol. The number of aliphatic hydroxyl groups excluding tert-OH is 1. The van der Waals surface area contributed by atoms with Crippen LogP contribution in [0.5, 0.6) is 0 Å². The summed E-state index contributed by atoms with van der Waals surface area (Å²) in [5, 5.41) is 10.2. The molecule has 1 aromatic rings. The van der Waals surface area contributed by atoms with Crippen molar-refractivity contribution in [3.63, 3.8) is 0 Å². The molecule has 0 aromatic heterocycles. The largest absolute Gasteiger partial charge is 0.388 e. The molecule has 0 aliphatic carbocycles. The van der Waals surface area contributed by atoms with E-state index < -0.39 is 0 Å². The fourth-order valence-electron chi connectivity index (χ4n) is 2.38. The van der Waals surface area contributed by atoms with E-state index in [1.165, 1.54) is 12.0 Å². The van der Waals surface area contributed by atoms with Crippen molar-refractivity contribution in [2.45, 2.75) is 46.6 Å². The monoisotopic (exact) mass is 298 g/mol. The van der Waals surface area contributed by atoms with Gasteiger partial charge in [-0.15, -0.1) is 0 Å². The second-order valence-corrected chi connectivity index (χ2v) is 6.46. The van der Waals surface area contributed by atoms with E-state index in [1.54, 1.807) is 0 Å². The lowest BCUT2D eigenvalue weighted by Gasteiger charge is -2.19. The Morgan fingerprint density at radius 1 is 1.12 bits per heavy atom. The normalized spacial score (nSPS) is 15.0. The molecule has 0 fully saturated rings. The van der Waals surface area contributed by atoms with Crippen LogP contribution in [0.25, 0.3) is 0 Å². The molecule has 2 heteroatoms. The molecule has 1 nitrogen and oxygen atoms in total. The molecule has 0 heterocycles.